The van der Waals surface area contributed by atoms with Crippen LogP contribution in [-0.2, 0) is 14.3 Å². The monoisotopic (exact) mass is 636 g/mol. The Bertz CT molecular complexity index is 1470. The molecule has 1 heterocycles. The van der Waals surface area contributed by atoms with Gasteiger partial charge in [-0.15, -0.1) is 0 Å². The molecular weight excluding hydrogens is 603 g/mol. The van der Waals surface area contributed by atoms with Gasteiger partial charge in [0, 0.05) is 17.4 Å². The highest BCUT2D eigenvalue weighted by Gasteiger charge is 2.42. The summed E-state index contributed by atoms with van der Waals surface area (Å²) in [7, 11) is 6.86. The second-order valence-electron chi connectivity index (χ2n) is 11.6. The van der Waals surface area contributed by atoms with E-state index in [-0.39, 0.29) is 29.4 Å². The number of aromatic nitrogens is 1. The Morgan fingerprint density at radius 2 is 1.93 bits per heavy atom. The fourth-order valence-corrected chi connectivity index (χ4v) is 5.80. The molecule has 2 atom stereocenters. The lowest BCUT2D eigenvalue weighted by Crippen LogP contribution is -2.40. The van der Waals surface area contributed by atoms with Crippen LogP contribution in [0, 0.1) is 35.5 Å². The first kappa shape index (κ1) is 31.5. The van der Waals surface area contributed by atoms with E-state index in [4.69, 9.17) is 18.0 Å². The Hall–Kier alpha value is -3.40. The lowest BCUT2D eigenvalue weighted by atomic mass is 9.68. The Morgan fingerprint density at radius 1 is 1.24 bits per heavy atom. The minimum Gasteiger partial charge on any atom is -0.481 e. The van der Waals surface area contributed by atoms with Gasteiger partial charge in [0.15, 0.2) is 13.5 Å². The minimum atomic E-state index is -2.87. The zero-order valence-electron chi connectivity index (χ0n) is 24.0. The van der Waals surface area contributed by atoms with Gasteiger partial charge in [0.05, 0.1) is 17.3 Å². The Labute approximate surface area is 254 Å². The number of hydrogen-bond acceptors (Lipinski definition) is 8. The molecule has 2 radical (unpaired) electrons. The third-order valence-electron chi connectivity index (χ3n) is 7.77. The van der Waals surface area contributed by atoms with E-state index in [0.29, 0.717) is 30.6 Å². The van der Waals surface area contributed by atoms with E-state index in [1.54, 1.807) is 19.2 Å². The number of hydrogen-bond donors (Lipinski definition) is 5. The number of rotatable bonds is 7. The topological polar surface area (TPSA) is 156 Å². The summed E-state index contributed by atoms with van der Waals surface area (Å²) in [5, 5.41) is 40.5. The number of carbonyl (C=O) groups excluding carboxylic acids is 1. The van der Waals surface area contributed by atoms with Crippen LogP contribution in [0.2, 0.25) is 0 Å². The standard InChI is InChI=1S/C30H34BBrN4O6/c1-16-13-23(19(14-21(16)32)17-5-6-17)36(25(37)11-12-30(31,40)41)24-10-9-22(34-4)26(35-24)27(33)42-18-7-8-20(28(38)39)29(2,3)15-18/h9-10,13-14,17-18,20,33-34,40-41H,5-8,15H2,1-4H3,(H,38,39). The van der Waals surface area contributed by atoms with Crippen molar-refractivity contribution in [3.63, 3.8) is 0 Å². The summed E-state index contributed by atoms with van der Waals surface area (Å²) in [5.41, 5.74) is -0.449. The van der Waals surface area contributed by atoms with Gasteiger partial charge in [-0.2, -0.15) is 0 Å². The number of aliphatic carboxylic acids is 1. The summed E-state index contributed by atoms with van der Waals surface area (Å²) in [6, 6.07) is 7.07. The van der Waals surface area contributed by atoms with E-state index >= 15 is 0 Å². The van der Waals surface area contributed by atoms with Crippen LogP contribution in [0.25, 0.3) is 0 Å². The molecule has 0 aliphatic heterocycles. The maximum absolute atomic E-state index is 13.6. The first-order valence-electron chi connectivity index (χ1n) is 13.7. The number of carbonyl (C=O) groups is 2. The largest absolute Gasteiger partial charge is 0.481 e. The molecular formula is C30H34BBrN4O6. The molecule has 1 aromatic carbocycles. The molecule has 4 rings (SSSR count). The van der Waals surface area contributed by atoms with E-state index in [0.717, 1.165) is 28.4 Å². The molecule has 220 valence electrons. The molecule has 12 heteroatoms. The van der Waals surface area contributed by atoms with Crippen molar-refractivity contribution in [2.75, 3.05) is 17.3 Å². The number of nitrogens with one attached hydrogen (secondary N) is 2. The Balaban J connectivity index is 1.75. The fourth-order valence-electron chi connectivity index (χ4n) is 5.44. The highest BCUT2D eigenvalue weighted by molar-refractivity contribution is 9.10. The van der Waals surface area contributed by atoms with Crippen molar-refractivity contribution in [2.24, 2.45) is 11.3 Å². The molecule has 1 aromatic heterocycles. The summed E-state index contributed by atoms with van der Waals surface area (Å²) >= 11 is 3.58. The lowest BCUT2D eigenvalue weighted by Gasteiger charge is -2.40. The molecule has 2 unspecified atom stereocenters. The number of aryl methyl sites for hydroxylation is 1. The van der Waals surface area contributed by atoms with E-state index in [9.17, 15) is 24.9 Å². The molecule has 2 aliphatic carbocycles. The maximum Gasteiger partial charge on any atom is 0.308 e. The van der Waals surface area contributed by atoms with Crippen LogP contribution in [0.4, 0.5) is 17.2 Å². The third kappa shape index (κ3) is 7.14. The number of carboxylic acid groups (broad SMARTS) is 1. The minimum absolute atomic E-state index is 0.147. The van der Waals surface area contributed by atoms with Gasteiger partial charge in [-0.3, -0.25) is 19.9 Å². The molecule has 2 fully saturated rings. The van der Waals surface area contributed by atoms with Crippen molar-refractivity contribution in [2.45, 2.75) is 70.6 Å². The number of halogens is 1. The smallest absolute Gasteiger partial charge is 0.308 e. The van der Waals surface area contributed by atoms with Gasteiger partial charge in [0.2, 0.25) is 5.90 Å². The SMILES string of the molecule is [B]C(O)(O)C#CC(=O)N(c1ccc(NC)c(C(=N)OC2CCC(C(=O)O)C(C)(C)C2)n1)c1cc(C)c(Br)cc1C1CC1. The van der Waals surface area contributed by atoms with Crippen LogP contribution in [0.15, 0.2) is 28.7 Å². The van der Waals surface area contributed by atoms with Gasteiger partial charge in [0.25, 0.3) is 0 Å². The van der Waals surface area contributed by atoms with E-state index < -0.39 is 28.9 Å². The van der Waals surface area contributed by atoms with E-state index in [1.165, 1.54) is 4.90 Å². The normalized spacial score (nSPS) is 19.7. The second-order valence-corrected chi connectivity index (χ2v) is 12.5. The Kier molecular flexibility index (Phi) is 9.07. The first-order chi connectivity index (χ1) is 19.6. The molecule has 2 saturated carbocycles. The molecule has 0 saturated heterocycles. The number of carboxylic acids is 1. The highest BCUT2D eigenvalue weighted by Crippen LogP contribution is 2.47. The van der Waals surface area contributed by atoms with Crippen LogP contribution >= 0.6 is 15.9 Å². The molecule has 0 spiro atoms. The predicted octanol–water partition coefficient (Wildman–Crippen LogP) is 4.17. The van der Waals surface area contributed by atoms with Crippen LogP contribution in [0.1, 0.15) is 68.7 Å². The molecule has 1 amide bonds. The van der Waals surface area contributed by atoms with E-state index in [2.05, 4.69) is 32.2 Å². The third-order valence-corrected chi connectivity index (χ3v) is 8.63. The predicted molar refractivity (Wildman–Crippen MR) is 163 cm³/mol. The summed E-state index contributed by atoms with van der Waals surface area (Å²) in [4.78, 5) is 31.2. The number of anilines is 3. The first-order valence-corrected chi connectivity index (χ1v) is 14.5. The molecule has 2 aliphatic rings. The van der Waals surface area contributed by atoms with Crippen molar-refractivity contribution in [1.82, 2.24) is 4.98 Å². The quantitative estimate of drug-likeness (QED) is 0.0997. The molecule has 10 nitrogen and oxygen atoms in total. The number of benzene rings is 1. The summed E-state index contributed by atoms with van der Waals surface area (Å²) in [6.07, 6.45) is 2.87. The van der Waals surface area contributed by atoms with Crippen molar-refractivity contribution in [3.8, 4) is 11.8 Å². The summed E-state index contributed by atoms with van der Waals surface area (Å²) in [6.45, 7) is 5.66. The van der Waals surface area contributed by atoms with Crippen LogP contribution in [-0.4, -0.2) is 64.8 Å². The summed E-state index contributed by atoms with van der Waals surface area (Å²) < 4.78 is 6.93. The van der Waals surface area contributed by atoms with Crippen molar-refractivity contribution in [3.05, 3.63) is 45.6 Å². The van der Waals surface area contributed by atoms with Crippen LogP contribution < -0.4 is 10.2 Å². The molecule has 2 aromatic rings. The number of pyridine rings is 1. The van der Waals surface area contributed by atoms with Gasteiger partial charge in [-0.25, -0.2) is 4.98 Å². The fraction of sp³-hybridized carbons (Fsp3) is 0.467. The number of aliphatic hydroxyl groups is 2. The summed E-state index contributed by atoms with van der Waals surface area (Å²) in [5.74, 6) is 2.19. The van der Waals surface area contributed by atoms with Crippen LogP contribution in [0.5, 0.6) is 0 Å². The van der Waals surface area contributed by atoms with Crippen molar-refractivity contribution >= 4 is 58.7 Å². The number of nitrogens with zero attached hydrogens (tertiary/aromatic N) is 2. The van der Waals surface area contributed by atoms with Crippen molar-refractivity contribution in [1.29, 1.82) is 5.41 Å². The van der Waals surface area contributed by atoms with E-state index in [1.807, 2.05) is 38.8 Å². The maximum atomic E-state index is 13.6. The number of amides is 1. The lowest BCUT2D eigenvalue weighted by molar-refractivity contribution is -0.149. The van der Waals surface area contributed by atoms with Gasteiger partial charge in [-0.1, -0.05) is 29.8 Å². The molecule has 42 heavy (non-hydrogen) atoms. The van der Waals surface area contributed by atoms with Gasteiger partial charge in [0.1, 0.15) is 17.6 Å². The Morgan fingerprint density at radius 3 is 2.50 bits per heavy atom. The highest BCUT2D eigenvalue weighted by atomic mass is 79.9. The van der Waals surface area contributed by atoms with Crippen LogP contribution in [0.3, 0.4) is 0 Å². The van der Waals surface area contributed by atoms with Crippen molar-refractivity contribution < 1.29 is 29.6 Å². The van der Waals surface area contributed by atoms with Gasteiger partial charge in [-0.05, 0) is 91.7 Å². The van der Waals surface area contributed by atoms with Gasteiger partial charge < -0.3 is 25.4 Å². The number of ether oxygens (including phenoxy) is 1. The molecule has 0 bridgehead atoms. The van der Waals surface area contributed by atoms with Gasteiger partial charge >= 0.3 is 11.9 Å². The molecule has 5 N–H and O–H groups in total. The average molecular weight is 637 g/mol. The second kappa shape index (κ2) is 12.1. The average Bonchev–Trinajstić information content (AvgIpc) is 3.73. The zero-order chi connectivity index (χ0) is 31.0. The zero-order valence-corrected chi connectivity index (χ0v) is 25.6.